The molecule has 2 rings (SSSR count). The van der Waals surface area contributed by atoms with Crippen LogP contribution < -0.4 is 11.3 Å². The lowest BCUT2D eigenvalue weighted by atomic mass is 10.2. The first-order chi connectivity index (χ1) is 8.63. The second-order valence-corrected chi connectivity index (χ2v) is 4.21. The fourth-order valence-corrected chi connectivity index (χ4v) is 2.03. The maximum Gasteiger partial charge on any atom is 0.267 e. The second kappa shape index (κ2) is 5.01. The molecule has 3 N–H and O–H groups in total. The monoisotopic (exact) mass is 244 g/mol. The minimum atomic E-state index is -0.263. The summed E-state index contributed by atoms with van der Waals surface area (Å²) < 4.78 is 2.07. The largest absolute Gasteiger partial charge is 0.344 e. The van der Waals surface area contributed by atoms with Crippen molar-refractivity contribution in [2.75, 3.05) is 0 Å². The summed E-state index contributed by atoms with van der Waals surface area (Å²) in [6.45, 7) is 4.58. The average molecular weight is 244 g/mol. The minimum Gasteiger partial charge on any atom is -0.344 e. The molecule has 1 amide bonds. The molecule has 18 heavy (non-hydrogen) atoms. The molecule has 2 aromatic heterocycles. The van der Waals surface area contributed by atoms with Gasteiger partial charge in [-0.15, -0.1) is 0 Å². The highest BCUT2D eigenvalue weighted by Gasteiger charge is 2.14. The number of hydrazine groups is 1. The number of pyridine rings is 1. The van der Waals surface area contributed by atoms with Crippen molar-refractivity contribution >= 4 is 5.91 Å². The van der Waals surface area contributed by atoms with Crippen molar-refractivity contribution in [1.29, 1.82) is 0 Å². The molecule has 0 atom stereocenters. The van der Waals surface area contributed by atoms with E-state index >= 15 is 0 Å². The highest BCUT2D eigenvalue weighted by atomic mass is 16.2. The zero-order valence-corrected chi connectivity index (χ0v) is 10.5. The van der Waals surface area contributed by atoms with Gasteiger partial charge in [-0.05, 0) is 31.5 Å². The Hall–Kier alpha value is -2.14. The Balaban J connectivity index is 2.34. The van der Waals surface area contributed by atoms with Gasteiger partial charge in [0, 0.05) is 30.3 Å². The lowest BCUT2D eigenvalue weighted by molar-refractivity contribution is 0.0953. The van der Waals surface area contributed by atoms with Crippen LogP contribution in [0.4, 0.5) is 0 Å². The van der Waals surface area contributed by atoms with E-state index in [2.05, 4.69) is 15.0 Å². The molecule has 5 heteroatoms. The highest BCUT2D eigenvalue weighted by molar-refractivity contribution is 5.95. The summed E-state index contributed by atoms with van der Waals surface area (Å²) in [5.74, 6) is 4.90. The summed E-state index contributed by atoms with van der Waals surface area (Å²) in [6, 6.07) is 5.75. The molecule has 2 aromatic rings. The molecule has 0 spiro atoms. The number of hydrogen-bond donors (Lipinski definition) is 2. The van der Waals surface area contributed by atoms with Crippen LogP contribution in [-0.2, 0) is 6.54 Å². The molecule has 0 aliphatic rings. The smallest absolute Gasteiger partial charge is 0.267 e. The summed E-state index contributed by atoms with van der Waals surface area (Å²) in [4.78, 5) is 15.7. The maximum atomic E-state index is 11.6. The molecule has 0 saturated heterocycles. The quantitative estimate of drug-likeness (QED) is 0.483. The summed E-state index contributed by atoms with van der Waals surface area (Å²) >= 11 is 0. The number of amides is 1. The van der Waals surface area contributed by atoms with Gasteiger partial charge in [0.1, 0.15) is 0 Å². The number of nitrogens with zero attached hydrogens (tertiary/aromatic N) is 2. The first-order valence-corrected chi connectivity index (χ1v) is 5.70. The zero-order chi connectivity index (χ0) is 13.1. The van der Waals surface area contributed by atoms with Crippen LogP contribution in [0.5, 0.6) is 0 Å². The van der Waals surface area contributed by atoms with E-state index < -0.39 is 0 Å². The Labute approximate surface area is 106 Å². The van der Waals surface area contributed by atoms with Gasteiger partial charge < -0.3 is 4.57 Å². The molecule has 0 unspecified atom stereocenters. The van der Waals surface area contributed by atoms with Crippen LogP contribution in [0.25, 0.3) is 0 Å². The molecule has 5 nitrogen and oxygen atoms in total. The Morgan fingerprint density at radius 2 is 2.28 bits per heavy atom. The summed E-state index contributed by atoms with van der Waals surface area (Å²) in [5.41, 5.74) is 5.79. The molecular formula is C13H16N4O. The molecule has 0 saturated carbocycles. The average Bonchev–Trinajstić information content (AvgIpc) is 2.67. The first kappa shape index (κ1) is 12.3. The van der Waals surface area contributed by atoms with E-state index in [1.165, 1.54) is 0 Å². The van der Waals surface area contributed by atoms with Crippen molar-refractivity contribution in [3.05, 3.63) is 53.1 Å². The third-order valence-corrected chi connectivity index (χ3v) is 3.01. The van der Waals surface area contributed by atoms with E-state index in [9.17, 15) is 4.79 Å². The molecule has 0 aliphatic heterocycles. The van der Waals surface area contributed by atoms with Gasteiger partial charge in [0.05, 0.1) is 5.56 Å². The number of carbonyl (C=O) groups excluding carboxylic acids is 1. The second-order valence-electron chi connectivity index (χ2n) is 4.21. The number of carbonyl (C=O) groups is 1. The highest BCUT2D eigenvalue weighted by Crippen LogP contribution is 2.16. The van der Waals surface area contributed by atoms with Gasteiger partial charge >= 0.3 is 0 Å². The van der Waals surface area contributed by atoms with E-state index in [-0.39, 0.29) is 5.91 Å². The van der Waals surface area contributed by atoms with Crippen LogP contribution in [0, 0.1) is 13.8 Å². The Morgan fingerprint density at radius 3 is 2.89 bits per heavy atom. The SMILES string of the molecule is Cc1cc(C(=O)NN)c(C)n1Cc1cccnc1. The molecule has 0 aromatic carbocycles. The third-order valence-electron chi connectivity index (χ3n) is 3.01. The number of aryl methyl sites for hydroxylation is 1. The first-order valence-electron chi connectivity index (χ1n) is 5.70. The third kappa shape index (κ3) is 2.26. The Morgan fingerprint density at radius 1 is 1.50 bits per heavy atom. The maximum absolute atomic E-state index is 11.6. The van der Waals surface area contributed by atoms with Crippen LogP contribution in [0.3, 0.4) is 0 Å². The van der Waals surface area contributed by atoms with Crippen LogP contribution in [0.1, 0.15) is 27.3 Å². The number of aromatic nitrogens is 2. The molecule has 0 bridgehead atoms. The predicted octanol–water partition coefficient (Wildman–Crippen LogP) is 1.15. The molecule has 0 radical (unpaired) electrons. The fourth-order valence-electron chi connectivity index (χ4n) is 2.03. The Bertz CT molecular complexity index is 560. The minimum absolute atomic E-state index is 0.263. The van der Waals surface area contributed by atoms with Crippen LogP contribution in [0.15, 0.2) is 30.6 Å². The van der Waals surface area contributed by atoms with Crippen molar-refractivity contribution < 1.29 is 4.79 Å². The molecule has 94 valence electrons. The van der Waals surface area contributed by atoms with Gasteiger partial charge in [0.25, 0.3) is 5.91 Å². The topological polar surface area (TPSA) is 72.9 Å². The van der Waals surface area contributed by atoms with Crippen molar-refractivity contribution in [3.8, 4) is 0 Å². The van der Waals surface area contributed by atoms with E-state index in [1.54, 1.807) is 6.20 Å². The zero-order valence-electron chi connectivity index (χ0n) is 10.5. The van der Waals surface area contributed by atoms with E-state index in [4.69, 9.17) is 5.84 Å². The molecule has 2 heterocycles. The van der Waals surface area contributed by atoms with Crippen molar-refractivity contribution in [2.45, 2.75) is 20.4 Å². The van der Waals surface area contributed by atoms with Crippen LogP contribution >= 0.6 is 0 Å². The van der Waals surface area contributed by atoms with Crippen LogP contribution in [0.2, 0.25) is 0 Å². The van der Waals surface area contributed by atoms with Crippen LogP contribution in [-0.4, -0.2) is 15.5 Å². The summed E-state index contributed by atoms with van der Waals surface area (Å²) in [7, 11) is 0. The number of nitrogens with one attached hydrogen (secondary N) is 1. The molecular weight excluding hydrogens is 228 g/mol. The molecule has 0 aliphatic carbocycles. The van der Waals surface area contributed by atoms with Gasteiger partial charge in [0.2, 0.25) is 0 Å². The number of nitrogens with two attached hydrogens (primary N) is 1. The van der Waals surface area contributed by atoms with E-state index in [0.717, 1.165) is 17.0 Å². The van der Waals surface area contributed by atoms with Crippen molar-refractivity contribution in [3.63, 3.8) is 0 Å². The van der Waals surface area contributed by atoms with E-state index in [0.29, 0.717) is 12.1 Å². The summed E-state index contributed by atoms with van der Waals surface area (Å²) in [6.07, 6.45) is 3.56. The normalized spacial score (nSPS) is 10.4. The predicted molar refractivity (Wildman–Crippen MR) is 68.9 cm³/mol. The lowest BCUT2D eigenvalue weighted by Crippen LogP contribution is -2.30. The van der Waals surface area contributed by atoms with Gasteiger partial charge in [-0.1, -0.05) is 6.07 Å². The van der Waals surface area contributed by atoms with Crippen molar-refractivity contribution in [1.82, 2.24) is 15.0 Å². The number of hydrogen-bond acceptors (Lipinski definition) is 3. The van der Waals surface area contributed by atoms with E-state index in [1.807, 2.05) is 38.2 Å². The molecule has 0 fully saturated rings. The van der Waals surface area contributed by atoms with Gasteiger partial charge in [-0.3, -0.25) is 15.2 Å². The van der Waals surface area contributed by atoms with Gasteiger partial charge in [-0.2, -0.15) is 0 Å². The van der Waals surface area contributed by atoms with Gasteiger partial charge in [-0.25, -0.2) is 5.84 Å². The van der Waals surface area contributed by atoms with Gasteiger partial charge in [0.15, 0.2) is 0 Å². The number of nitrogen functional groups attached to an aromatic ring is 1. The number of rotatable bonds is 3. The van der Waals surface area contributed by atoms with Crippen molar-refractivity contribution in [2.24, 2.45) is 5.84 Å². The summed E-state index contributed by atoms with van der Waals surface area (Å²) in [5, 5.41) is 0. The Kier molecular flexibility index (Phi) is 3.43. The fraction of sp³-hybridized carbons (Fsp3) is 0.231. The lowest BCUT2D eigenvalue weighted by Gasteiger charge is -2.09. The standard InChI is InChI=1S/C13H16N4O/c1-9-6-12(13(18)16-14)10(2)17(9)8-11-4-3-5-15-7-11/h3-7H,8,14H2,1-2H3,(H,16,18).